The number of nitrogens with one attached hydrogen (secondary N) is 1. The van der Waals surface area contributed by atoms with Crippen LogP contribution in [0.4, 0.5) is 5.95 Å². The Morgan fingerprint density at radius 2 is 2.10 bits per heavy atom. The van der Waals surface area contributed by atoms with Crippen molar-refractivity contribution in [3.05, 3.63) is 52.5 Å². The van der Waals surface area contributed by atoms with Gasteiger partial charge in [-0.05, 0) is 30.3 Å². The second-order valence-corrected chi connectivity index (χ2v) is 4.74. The Kier molecular flexibility index (Phi) is 3.54. The molecule has 0 radical (unpaired) electrons. The molecule has 2 aromatic heterocycles. The smallest absolute Gasteiger partial charge is 0.245 e. The maximum absolute atomic E-state index is 6.12. The van der Waals surface area contributed by atoms with Crippen molar-refractivity contribution in [3.8, 4) is 11.3 Å². The lowest BCUT2D eigenvalue weighted by Crippen LogP contribution is -1.78. The third kappa shape index (κ3) is 2.74. The Labute approximate surface area is 124 Å². The lowest BCUT2D eigenvalue weighted by Gasteiger charge is -2.00. The molecule has 0 unspecified atom stereocenters. The summed E-state index contributed by atoms with van der Waals surface area (Å²) in [5, 5.41) is 7.49. The number of aliphatic imine (C=N–C) groups is 1. The molecule has 0 saturated carbocycles. The largest absolute Gasteiger partial charge is 0.455 e. The first-order valence-corrected chi connectivity index (χ1v) is 6.42. The number of hydrogen-bond acceptors (Lipinski definition) is 4. The van der Waals surface area contributed by atoms with Crippen LogP contribution in [0.25, 0.3) is 11.3 Å². The van der Waals surface area contributed by atoms with Crippen molar-refractivity contribution in [2.24, 2.45) is 4.99 Å². The first kappa shape index (κ1) is 12.9. The lowest BCUT2D eigenvalue weighted by atomic mass is 10.2. The molecule has 0 amide bonds. The number of benzene rings is 1. The predicted molar refractivity (Wildman–Crippen MR) is 77.8 cm³/mol. The zero-order chi connectivity index (χ0) is 13.9. The Hall–Kier alpha value is -2.11. The Morgan fingerprint density at radius 3 is 2.90 bits per heavy atom. The third-order valence-electron chi connectivity index (χ3n) is 2.54. The molecule has 0 aliphatic heterocycles. The number of nitrogens with zero attached hydrogens (tertiary/aromatic N) is 3. The Balaban J connectivity index is 1.88. The van der Waals surface area contributed by atoms with Gasteiger partial charge in [-0.15, -0.1) is 0 Å². The highest BCUT2D eigenvalue weighted by Gasteiger charge is 2.08. The van der Waals surface area contributed by atoms with E-state index in [2.05, 4.69) is 20.2 Å². The molecule has 2 heterocycles. The summed E-state index contributed by atoms with van der Waals surface area (Å²) in [6.07, 6.45) is 2.93. The lowest BCUT2D eigenvalue weighted by molar-refractivity contribution is 0.575. The molecular formula is C13H8Cl2N4O. The molecule has 0 fully saturated rings. The highest BCUT2D eigenvalue weighted by atomic mass is 35.5. The van der Waals surface area contributed by atoms with E-state index in [4.69, 9.17) is 27.6 Å². The minimum absolute atomic E-state index is 0.406. The Bertz CT molecular complexity index is 750. The number of halogens is 2. The molecular weight excluding hydrogens is 299 g/mol. The van der Waals surface area contributed by atoms with Crippen LogP contribution in [0.2, 0.25) is 10.0 Å². The van der Waals surface area contributed by atoms with Crippen molar-refractivity contribution < 1.29 is 4.42 Å². The molecule has 3 rings (SSSR count). The fraction of sp³-hybridized carbons (Fsp3) is 0. The first-order chi connectivity index (χ1) is 9.72. The van der Waals surface area contributed by atoms with E-state index in [9.17, 15) is 0 Å². The second kappa shape index (κ2) is 5.48. The van der Waals surface area contributed by atoms with E-state index in [0.29, 0.717) is 27.5 Å². The van der Waals surface area contributed by atoms with Gasteiger partial charge in [0.2, 0.25) is 5.95 Å². The molecule has 0 aliphatic carbocycles. The monoisotopic (exact) mass is 306 g/mol. The molecule has 100 valence electrons. The molecule has 5 nitrogen and oxygen atoms in total. The number of H-pyrrole nitrogens is 1. The van der Waals surface area contributed by atoms with E-state index in [0.717, 1.165) is 5.56 Å². The average Bonchev–Trinajstić information content (AvgIpc) is 3.10. The van der Waals surface area contributed by atoms with Crippen molar-refractivity contribution in [1.82, 2.24) is 15.2 Å². The maximum Gasteiger partial charge on any atom is 0.245 e. The van der Waals surface area contributed by atoms with Gasteiger partial charge in [0.05, 0.1) is 11.2 Å². The predicted octanol–water partition coefficient (Wildman–Crippen LogP) is 4.12. The quantitative estimate of drug-likeness (QED) is 0.740. The van der Waals surface area contributed by atoms with E-state index < -0.39 is 0 Å². The van der Waals surface area contributed by atoms with Gasteiger partial charge in [0, 0.05) is 10.6 Å². The summed E-state index contributed by atoms with van der Waals surface area (Å²) in [6.45, 7) is 0. The van der Waals surface area contributed by atoms with E-state index in [1.54, 1.807) is 36.5 Å². The standard InChI is InChI=1S/C13H8Cl2N4O/c14-8-1-3-11(15)10(5-8)12-4-2-9(20-12)6-16-13-17-7-18-19-13/h1-7H,(H,17,18,19)/b16-6-. The molecule has 20 heavy (non-hydrogen) atoms. The fourth-order valence-corrected chi connectivity index (χ4v) is 2.02. The Morgan fingerprint density at radius 1 is 1.20 bits per heavy atom. The zero-order valence-electron chi connectivity index (χ0n) is 10.0. The molecule has 0 aliphatic rings. The van der Waals surface area contributed by atoms with Crippen molar-refractivity contribution in [2.45, 2.75) is 0 Å². The van der Waals surface area contributed by atoms with Gasteiger partial charge in [-0.3, -0.25) is 0 Å². The molecule has 0 spiro atoms. The summed E-state index contributed by atoms with van der Waals surface area (Å²) >= 11 is 12.1. The van der Waals surface area contributed by atoms with Crippen molar-refractivity contribution in [3.63, 3.8) is 0 Å². The van der Waals surface area contributed by atoms with Crippen LogP contribution in [0.15, 0.2) is 46.1 Å². The van der Waals surface area contributed by atoms with Crippen LogP contribution in [0.5, 0.6) is 0 Å². The number of aromatic nitrogens is 3. The van der Waals surface area contributed by atoms with Crippen molar-refractivity contribution in [1.29, 1.82) is 0 Å². The fourth-order valence-electron chi connectivity index (χ4n) is 1.64. The van der Waals surface area contributed by atoms with Crippen LogP contribution >= 0.6 is 23.2 Å². The summed E-state index contributed by atoms with van der Waals surface area (Å²) in [4.78, 5) is 7.95. The van der Waals surface area contributed by atoms with E-state index in [1.165, 1.54) is 6.33 Å². The highest BCUT2D eigenvalue weighted by molar-refractivity contribution is 6.35. The summed E-state index contributed by atoms with van der Waals surface area (Å²) in [5.41, 5.74) is 0.735. The van der Waals surface area contributed by atoms with E-state index >= 15 is 0 Å². The molecule has 0 saturated heterocycles. The van der Waals surface area contributed by atoms with Crippen LogP contribution in [0.1, 0.15) is 5.76 Å². The number of hydrogen-bond donors (Lipinski definition) is 1. The maximum atomic E-state index is 6.12. The normalized spacial score (nSPS) is 11.3. The van der Waals surface area contributed by atoms with Crippen LogP contribution in [0.3, 0.4) is 0 Å². The number of furan rings is 1. The van der Waals surface area contributed by atoms with Gasteiger partial charge >= 0.3 is 0 Å². The minimum atomic E-state index is 0.406. The van der Waals surface area contributed by atoms with E-state index in [1.807, 2.05) is 0 Å². The number of aromatic amines is 1. The number of rotatable bonds is 3. The van der Waals surface area contributed by atoms with Crippen molar-refractivity contribution >= 4 is 35.4 Å². The van der Waals surface area contributed by atoms with Gasteiger partial charge in [0.1, 0.15) is 17.8 Å². The molecule has 0 bridgehead atoms. The van der Waals surface area contributed by atoms with Crippen LogP contribution < -0.4 is 0 Å². The summed E-state index contributed by atoms with van der Waals surface area (Å²) in [7, 11) is 0. The highest BCUT2D eigenvalue weighted by Crippen LogP contribution is 2.31. The third-order valence-corrected chi connectivity index (χ3v) is 3.10. The van der Waals surface area contributed by atoms with Gasteiger partial charge in [0.15, 0.2) is 0 Å². The minimum Gasteiger partial charge on any atom is -0.455 e. The van der Waals surface area contributed by atoms with Crippen LogP contribution in [0, 0.1) is 0 Å². The second-order valence-electron chi connectivity index (χ2n) is 3.89. The topological polar surface area (TPSA) is 67.1 Å². The van der Waals surface area contributed by atoms with Crippen molar-refractivity contribution in [2.75, 3.05) is 0 Å². The zero-order valence-corrected chi connectivity index (χ0v) is 11.6. The molecule has 1 aromatic carbocycles. The summed E-state index contributed by atoms with van der Waals surface area (Å²) in [5.74, 6) is 1.60. The average molecular weight is 307 g/mol. The van der Waals surface area contributed by atoms with Gasteiger partial charge in [-0.25, -0.2) is 10.1 Å². The summed E-state index contributed by atoms with van der Waals surface area (Å²) < 4.78 is 5.65. The summed E-state index contributed by atoms with van der Waals surface area (Å²) in [6, 6.07) is 8.79. The van der Waals surface area contributed by atoms with Gasteiger partial charge in [0.25, 0.3) is 0 Å². The van der Waals surface area contributed by atoms with Crippen LogP contribution in [-0.4, -0.2) is 21.4 Å². The van der Waals surface area contributed by atoms with Gasteiger partial charge in [-0.1, -0.05) is 23.2 Å². The van der Waals surface area contributed by atoms with E-state index in [-0.39, 0.29) is 0 Å². The molecule has 1 N–H and O–H groups in total. The van der Waals surface area contributed by atoms with Crippen LogP contribution in [-0.2, 0) is 0 Å². The molecule has 7 heteroatoms. The molecule has 3 aromatic rings. The SMILES string of the molecule is Clc1ccc(Cl)c(-c2ccc(/C=N\c3ncn[nH]3)o2)c1. The first-order valence-electron chi connectivity index (χ1n) is 5.67. The van der Waals surface area contributed by atoms with Gasteiger partial charge < -0.3 is 4.42 Å². The van der Waals surface area contributed by atoms with Gasteiger partial charge in [-0.2, -0.15) is 10.1 Å². The molecule has 0 atom stereocenters.